The Balaban J connectivity index is 1.17. The van der Waals surface area contributed by atoms with Gasteiger partial charge in [-0.25, -0.2) is 17.5 Å². The molecule has 35 heavy (non-hydrogen) atoms. The average Bonchev–Trinajstić information content (AvgIpc) is 3.52. The second-order valence-corrected chi connectivity index (χ2v) is 11.3. The number of halogens is 1. The van der Waals surface area contributed by atoms with Crippen LogP contribution in [0.25, 0.3) is 11.1 Å². The lowest BCUT2D eigenvalue weighted by molar-refractivity contribution is 0.344. The van der Waals surface area contributed by atoms with Gasteiger partial charge in [-0.2, -0.15) is 0 Å². The van der Waals surface area contributed by atoms with Crippen molar-refractivity contribution in [1.82, 2.24) is 14.9 Å². The number of rotatable bonds is 9. The number of likely N-dealkylation sites (tertiary alicyclic amines) is 1. The Morgan fingerprint density at radius 3 is 2.20 bits per heavy atom. The number of nitrogens with one attached hydrogen (secondary N) is 2. The third-order valence-electron chi connectivity index (χ3n) is 7.07. The van der Waals surface area contributed by atoms with E-state index >= 15 is 0 Å². The lowest BCUT2D eigenvalue weighted by Crippen LogP contribution is -2.33. The second-order valence-electron chi connectivity index (χ2n) is 9.54. The van der Waals surface area contributed by atoms with Gasteiger partial charge >= 0.3 is 0 Å². The van der Waals surface area contributed by atoms with Gasteiger partial charge in [0.25, 0.3) is 0 Å². The van der Waals surface area contributed by atoms with Crippen molar-refractivity contribution >= 4 is 10.0 Å². The summed E-state index contributed by atoms with van der Waals surface area (Å²) < 4.78 is 42.5. The molecule has 0 radical (unpaired) electrons. The van der Waals surface area contributed by atoms with Crippen molar-refractivity contribution < 1.29 is 12.8 Å². The van der Waals surface area contributed by atoms with Crippen LogP contribution < -0.4 is 10.0 Å². The first-order chi connectivity index (χ1) is 17.0. The Morgan fingerprint density at radius 2 is 1.54 bits per heavy atom. The van der Waals surface area contributed by atoms with Crippen LogP contribution in [0.1, 0.15) is 29.5 Å². The lowest BCUT2D eigenvalue weighted by Gasteiger charge is -2.15. The summed E-state index contributed by atoms with van der Waals surface area (Å²) in [6.07, 6.45) is 4.40. The Hall–Kier alpha value is -2.58. The van der Waals surface area contributed by atoms with Gasteiger partial charge in [0, 0.05) is 25.7 Å². The first kappa shape index (κ1) is 24.1. The highest BCUT2D eigenvalue weighted by molar-refractivity contribution is 7.89. The molecule has 7 heteroatoms. The Kier molecular flexibility index (Phi) is 7.29. The van der Waals surface area contributed by atoms with Gasteiger partial charge in [-0.15, -0.1) is 0 Å². The molecule has 1 aliphatic heterocycles. The topological polar surface area (TPSA) is 61.4 Å². The van der Waals surface area contributed by atoms with Gasteiger partial charge in [-0.1, -0.05) is 54.6 Å². The molecule has 5 rings (SSSR count). The van der Waals surface area contributed by atoms with Gasteiger partial charge in [0.2, 0.25) is 10.0 Å². The first-order valence-electron chi connectivity index (χ1n) is 12.4. The van der Waals surface area contributed by atoms with Crippen molar-refractivity contribution in [3.05, 3.63) is 89.2 Å². The van der Waals surface area contributed by atoms with Crippen LogP contribution in [-0.2, 0) is 29.4 Å². The number of nitrogens with zero attached hydrogens (tertiary/aromatic N) is 1. The molecular formula is C28H32FN3O2S. The molecule has 1 heterocycles. The third-order valence-corrected chi connectivity index (χ3v) is 8.57. The quantitative estimate of drug-likeness (QED) is 0.471. The van der Waals surface area contributed by atoms with E-state index in [0.717, 1.165) is 56.4 Å². The van der Waals surface area contributed by atoms with Gasteiger partial charge in [0.1, 0.15) is 10.7 Å². The largest absolute Gasteiger partial charge is 0.309 e. The second kappa shape index (κ2) is 10.6. The molecule has 1 fully saturated rings. The maximum absolute atomic E-state index is 14.8. The van der Waals surface area contributed by atoms with Crippen LogP contribution in [0, 0.1) is 5.82 Å². The van der Waals surface area contributed by atoms with Crippen LogP contribution in [0.15, 0.2) is 71.6 Å². The standard InChI is InChI=1S/C28H32FN3O2S/c29-27-19-25(11-12-28(27)35(33,34)31-13-16-32-14-3-4-15-32)22-9-7-21(8-10-22)20-30-26-17-23-5-1-2-6-24(23)18-26/h1-2,5-12,19,26,30-31H,3-4,13-18,20H2. The maximum Gasteiger partial charge on any atom is 0.243 e. The molecule has 0 amide bonds. The van der Waals surface area contributed by atoms with E-state index in [1.807, 2.05) is 24.3 Å². The zero-order chi connectivity index (χ0) is 24.3. The van der Waals surface area contributed by atoms with Gasteiger partial charge in [0.15, 0.2) is 0 Å². The van der Waals surface area contributed by atoms with E-state index in [1.165, 1.54) is 23.3 Å². The molecule has 0 saturated carbocycles. The smallest absolute Gasteiger partial charge is 0.243 e. The van der Waals surface area contributed by atoms with Gasteiger partial charge in [-0.3, -0.25) is 0 Å². The molecule has 3 aromatic rings. The molecule has 1 saturated heterocycles. The van der Waals surface area contributed by atoms with Crippen LogP contribution >= 0.6 is 0 Å². The average molecular weight is 494 g/mol. The summed E-state index contributed by atoms with van der Waals surface area (Å²) in [7, 11) is -3.88. The molecule has 0 atom stereocenters. The molecule has 2 N–H and O–H groups in total. The van der Waals surface area contributed by atoms with E-state index < -0.39 is 15.8 Å². The van der Waals surface area contributed by atoms with Crippen LogP contribution in [0.2, 0.25) is 0 Å². The highest BCUT2D eigenvalue weighted by atomic mass is 32.2. The zero-order valence-corrected chi connectivity index (χ0v) is 20.7. The number of benzene rings is 3. The van der Waals surface area contributed by atoms with E-state index in [0.29, 0.717) is 18.2 Å². The molecule has 0 bridgehead atoms. The lowest BCUT2D eigenvalue weighted by atomic mass is 10.0. The minimum Gasteiger partial charge on any atom is -0.309 e. The Bertz CT molecular complexity index is 1250. The maximum atomic E-state index is 14.8. The van der Waals surface area contributed by atoms with Crippen LogP contribution in [-0.4, -0.2) is 45.5 Å². The first-order valence-corrected chi connectivity index (χ1v) is 13.9. The molecular weight excluding hydrogens is 461 g/mol. The summed E-state index contributed by atoms with van der Waals surface area (Å²) in [6, 6.07) is 21.3. The van der Waals surface area contributed by atoms with E-state index in [1.54, 1.807) is 6.07 Å². The van der Waals surface area contributed by atoms with Crippen molar-refractivity contribution in [2.24, 2.45) is 0 Å². The van der Waals surface area contributed by atoms with E-state index in [2.05, 4.69) is 39.2 Å². The van der Waals surface area contributed by atoms with Crippen molar-refractivity contribution in [2.75, 3.05) is 26.2 Å². The summed E-state index contributed by atoms with van der Waals surface area (Å²) in [6.45, 7) is 3.69. The predicted molar refractivity (Wildman–Crippen MR) is 137 cm³/mol. The van der Waals surface area contributed by atoms with Crippen molar-refractivity contribution in [2.45, 2.75) is 43.2 Å². The summed E-state index contributed by atoms with van der Waals surface area (Å²) in [5.41, 5.74) is 5.52. The fourth-order valence-corrected chi connectivity index (χ4v) is 6.18. The molecule has 3 aromatic carbocycles. The molecule has 0 spiro atoms. The van der Waals surface area contributed by atoms with Gasteiger partial charge in [0.05, 0.1) is 0 Å². The van der Waals surface area contributed by atoms with Crippen LogP contribution in [0.4, 0.5) is 4.39 Å². The molecule has 0 unspecified atom stereocenters. The summed E-state index contributed by atoms with van der Waals surface area (Å²) >= 11 is 0. The van der Waals surface area contributed by atoms with Crippen molar-refractivity contribution in [1.29, 1.82) is 0 Å². The Morgan fingerprint density at radius 1 is 0.886 bits per heavy atom. The monoisotopic (exact) mass is 493 g/mol. The fourth-order valence-electron chi connectivity index (χ4n) is 5.10. The van der Waals surface area contributed by atoms with Crippen LogP contribution in [0.5, 0.6) is 0 Å². The molecule has 1 aliphatic carbocycles. The minimum absolute atomic E-state index is 0.284. The molecule has 5 nitrogen and oxygen atoms in total. The minimum atomic E-state index is -3.88. The highest BCUT2D eigenvalue weighted by Gasteiger charge is 2.21. The molecule has 2 aliphatic rings. The molecule has 0 aromatic heterocycles. The summed E-state index contributed by atoms with van der Waals surface area (Å²) in [5.74, 6) is -0.734. The number of fused-ring (bicyclic) bond motifs is 1. The molecule has 184 valence electrons. The zero-order valence-electron chi connectivity index (χ0n) is 19.8. The summed E-state index contributed by atoms with van der Waals surface area (Å²) in [4.78, 5) is 1.91. The van der Waals surface area contributed by atoms with Crippen molar-refractivity contribution in [3.8, 4) is 11.1 Å². The number of hydrogen-bond donors (Lipinski definition) is 2. The predicted octanol–water partition coefficient (Wildman–Crippen LogP) is 4.12. The third kappa shape index (κ3) is 5.81. The van der Waals surface area contributed by atoms with Gasteiger partial charge < -0.3 is 10.2 Å². The fraction of sp³-hybridized carbons (Fsp3) is 0.357. The number of hydrogen-bond acceptors (Lipinski definition) is 4. The number of sulfonamides is 1. The van der Waals surface area contributed by atoms with Crippen LogP contribution in [0.3, 0.4) is 0 Å². The SMILES string of the molecule is O=S(=O)(NCCN1CCCC1)c1ccc(-c2ccc(CNC3Cc4ccccc4C3)cc2)cc1F. The van der Waals surface area contributed by atoms with E-state index in [4.69, 9.17) is 0 Å². The highest BCUT2D eigenvalue weighted by Crippen LogP contribution is 2.25. The van der Waals surface area contributed by atoms with E-state index in [9.17, 15) is 12.8 Å². The normalized spacial score (nSPS) is 16.6. The van der Waals surface area contributed by atoms with Crippen molar-refractivity contribution in [3.63, 3.8) is 0 Å². The summed E-state index contributed by atoms with van der Waals surface area (Å²) in [5, 5.41) is 3.64. The van der Waals surface area contributed by atoms with Gasteiger partial charge in [-0.05, 0) is 78.7 Å². The van der Waals surface area contributed by atoms with E-state index in [-0.39, 0.29) is 11.4 Å². The Labute approximate surface area is 207 Å².